The lowest BCUT2D eigenvalue weighted by atomic mass is 10.2. The molecule has 2 aromatic rings. The molecule has 0 radical (unpaired) electrons. The minimum Gasteiger partial charge on any atom is -0.465 e. The van der Waals surface area contributed by atoms with E-state index in [0.29, 0.717) is 10.6 Å². The molecule has 0 aliphatic carbocycles. The Kier molecular flexibility index (Phi) is 5.98. The predicted molar refractivity (Wildman–Crippen MR) is 88.9 cm³/mol. The Bertz CT molecular complexity index is 802. The number of hydrogen-bond donors (Lipinski definition) is 0. The van der Waals surface area contributed by atoms with Crippen LogP contribution in [0.15, 0.2) is 41.6 Å². The molecule has 1 aromatic carbocycles. The van der Waals surface area contributed by atoms with Gasteiger partial charge in [-0.3, -0.25) is 9.48 Å². The molecule has 2 rings (SSSR count). The molecule has 0 bridgehead atoms. The SMILES string of the molecule is CCOC(=O)CN(Cc1ccc(Cl)cc1)S(=O)(=O)c1cnn(C)c1. The maximum atomic E-state index is 12.8. The molecule has 9 heteroatoms. The van der Waals surface area contributed by atoms with Crippen LogP contribution >= 0.6 is 11.6 Å². The van der Waals surface area contributed by atoms with Crippen molar-refractivity contribution in [1.82, 2.24) is 14.1 Å². The largest absolute Gasteiger partial charge is 0.465 e. The van der Waals surface area contributed by atoms with Crippen molar-refractivity contribution in [3.8, 4) is 0 Å². The van der Waals surface area contributed by atoms with E-state index in [-0.39, 0.29) is 24.6 Å². The molecular formula is C15H18ClN3O4S. The van der Waals surface area contributed by atoms with Gasteiger partial charge in [0.25, 0.3) is 0 Å². The van der Waals surface area contributed by atoms with Crippen molar-refractivity contribution in [3.63, 3.8) is 0 Å². The summed E-state index contributed by atoms with van der Waals surface area (Å²) in [4.78, 5) is 11.8. The molecule has 0 unspecified atom stereocenters. The average molecular weight is 372 g/mol. The van der Waals surface area contributed by atoms with Crippen LogP contribution in [0.25, 0.3) is 0 Å². The zero-order chi connectivity index (χ0) is 17.7. The molecule has 0 aliphatic heterocycles. The molecule has 0 saturated carbocycles. The average Bonchev–Trinajstić information content (AvgIpc) is 2.96. The van der Waals surface area contributed by atoms with E-state index in [2.05, 4.69) is 5.10 Å². The van der Waals surface area contributed by atoms with E-state index in [0.717, 1.165) is 4.31 Å². The van der Waals surface area contributed by atoms with Crippen molar-refractivity contribution < 1.29 is 17.9 Å². The number of hydrogen-bond acceptors (Lipinski definition) is 5. The third-order valence-corrected chi connectivity index (χ3v) is 5.20. The fourth-order valence-corrected chi connectivity index (χ4v) is 3.54. The van der Waals surface area contributed by atoms with Crippen molar-refractivity contribution in [3.05, 3.63) is 47.2 Å². The van der Waals surface area contributed by atoms with Gasteiger partial charge in [-0.1, -0.05) is 23.7 Å². The van der Waals surface area contributed by atoms with Crippen molar-refractivity contribution in [2.24, 2.45) is 7.05 Å². The Balaban J connectivity index is 2.31. The van der Waals surface area contributed by atoms with Gasteiger partial charge in [-0.2, -0.15) is 9.40 Å². The minimum atomic E-state index is -3.89. The summed E-state index contributed by atoms with van der Waals surface area (Å²) in [6.07, 6.45) is 2.63. The lowest BCUT2D eigenvalue weighted by Gasteiger charge is -2.20. The van der Waals surface area contributed by atoms with Crippen LogP contribution in [0.5, 0.6) is 0 Å². The van der Waals surface area contributed by atoms with Crippen molar-refractivity contribution in [2.45, 2.75) is 18.4 Å². The number of esters is 1. The van der Waals surface area contributed by atoms with E-state index in [4.69, 9.17) is 16.3 Å². The van der Waals surface area contributed by atoms with Crippen LogP contribution < -0.4 is 0 Å². The van der Waals surface area contributed by atoms with Crippen LogP contribution in [0.4, 0.5) is 0 Å². The van der Waals surface area contributed by atoms with E-state index in [1.54, 1.807) is 38.2 Å². The van der Waals surface area contributed by atoms with Crippen LogP contribution in [0.2, 0.25) is 5.02 Å². The number of rotatable bonds is 7. The first-order chi connectivity index (χ1) is 11.3. The molecule has 7 nitrogen and oxygen atoms in total. The fourth-order valence-electron chi connectivity index (χ4n) is 2.05. The van der Waals surface area contributed by atoms with Crippen LogP contribution in [-0.4, -0.2) is 41.6 Å². The lowest BCUT2D eigenvalue weighted by Crippen LogP contribution is -2.36. The van der Waals surface area contributed by atoms with E-state index < -0.39 is 16.0 Å². The molecular weight excluding hydrogens is 354 g/mol. The quantitative estimate of drug-likeness (QED) is 0.693. The Morgan fingerprint density at radius 3 is 2.54 bits per heavy atom. The monoisotopic (exact) mass is 371 g/mol. The molecule has 0 spiro atoms. The van der Waals surface area contributed by atoms with E-state index in [9.17, 15) is 13.2 Å². The van der Waals surface area contributed by atoms with Gasteiger partial charge in [0.15, 0.2) is 0 Å². The standard InChI is InChI=1S/C15H18ClN3O4S/c1-3-23-15(20)11-19(9-12-4-6-13(16)7-5-12)24(21,22)14-8-17-18(2)10-14/h4-8,10H,3,9,11H2,1-2H3. The number of carbonyl (C=O) groups is 1. The Hall–Kier alpha value is -1.90. The second-order valence-corrected chi connectivity index (χ2v) is 7.43. The Morgan fingerprint density at radius 2 is 2.00 bits per heavy atom. The van der Waals surface area contributed by atoms with Gasteiger partial charge in [-0.15, -0.1) is 0 Å². The molecule has 1 heterocycles. The van der Waals surface area contributed by atoms with Gasteiger partial charge in [-0.25, -0.2) is 8.42 Å². The normalized spacial score (nSPS) is 11.7. The highest BCUT2D eigenvalue weighted by Crippen LogP contribution is 2.19. The topological polar surface area (TPSA) is 81.5 Å². The fraction of sp³-hybridized carbons (Fsp3) is 0.333. The van der Waals surface area contributed by atoms with Crippen LogP contribution in [-0.2, 0) is 33.1 Å². The van der Waals surface area contributed by atoms with Crippen LogP contribution in [0, 0.1) is 0 Å². The molecule has 0 saturated heterocycles. The summed E-state index contributed by atoms with van der Waals surface area (Å²) in [5, 5.41) is 4.42. The summed E-state index contributed by atoms with van der Waals surface area (Å²) >= 11 is 5.85. The van der Waals surface area contributed by atoms with E-state index >= 15 is 0 Å². The lowest BCUT2D eigenvalue weighted by molar-refractivity contribution is -0.143. The van der Waals surface area contributed by atoms with Gasteiger partial charge >= 0.3 is 5.97 Å². The highest BCUT2D eigenvalue weighted by atomic mass is 35.5. The molecule has 0 aliphatic rings. The number of benzene rings is 1. The van der Waals surface area contributed by atoms with E-state index in [1.807, 2.05) is 0 Å². The Labute approximate surface area is 145 Å². The number of nitrogens with zero attached hydrogens (tertiary/aromatic N) is 3. The summed E-state index contributed by atoms with van der Waals surface area (Å²) < 4.78 is 32.9. The molecule has 0 N–H and O–H groups in total. The first kappa shape index (κ1) is 18.4. The summed E-state index contributed by atoms with van der Waals surface area (Å²) in [6, 6.07) is 6.74. The van der Waals surface area contributed by atoms with Crippen molar-refractivity contribution in [1.29, 1.82) is 0 Å². The smallest absolute Gasteiger partial charge is 0.321 e. The van der Waals surface area contributed by atoms with Gasteiger partial charge in [0.1, 0.15) is 11.4 Å². The maximum absolute atomic E-state index is 12.8. The molecule has 1 aromatic heterocycles. The van der Waals surface area contributed by atoms with Gasteiger partial charge in [0, 0.05) is 24.8 Å². The summed E-state index contributed by atoms with van der Waals surface area (Å²) in [5.41, 5.74) is 0.705. The number of aromatic nitrogens is 2. The molecule has 0 amide bonds. The predicted octanol–water partition coefficient (Wildman–Crippen LogP) is 1.83. The number of carbonyl (C=O) groups excluding carboxylic acids is 1. The summed E-state index contributed by atoms with van der Waals surface area (Å²) in [6.45, 7) is 1.48. The molecule has 0 atom stereocenters. The summed E-state index contributed by atoms with van der Waals surface area (Å²) in [5.74, 6) is -0.612. The zero-order valence-corrected chi connectivity index (χ0v) is 14.9. The third kappa shape index (κ3) is 4.56. The number of aryl methyl sites for hydroxylation is 1. The van der Waals surface area contributed by atoms with Gasteiger partial charge in [0.2, 0.25) is 10.0 Å². The van der Waals surface area contributed by atoms with Gasteiger partial charge in [-0.05, 0) is 24.6 Å². The number of sulfonamides is 1. The highest BCUT2D eigenvalue weighted by Gasteiger charge is 2.28. The maximum Gasteiger partial charge on any atom is 0.321 e. The van der Waals surface area contributed by atoms with Crippen LogP contribution in [0.3, 0.4) is 0 Å². The van der Waals surface area contributed by atoms with Crippen molar-refractivity contribution >= 4 is 27.6 Å². The van der Waals surface area contributed by atoms with Crippen molar-refractivity contribution in [2.75, 3.05) is 13.2 Å². The minimum absolute atomic E-state index is 0.0169. The summed E-state index contributed by atoms with van der Waals surface area (Å²) in [7, 11) is -2.27. The second-order valence-electron chi connectivity index (χ2n) is 5.05. The first-order valence-corrected chi connectivity index (χ1v) is 9.03. The molecule has 24 heavy (non-hydrogen) atoms. The van der Waals surface area contributed by atoms with Crippen LogP contribution in [0.1, 0.15) is 12.5 Å². The van der Waals surface area contributed by atoms with Gasteiger partial charge in [0.05, 0.1) is 12.8 Å². The highest BCUT2D eigenvalue weighted by molar-refractivity contribution is 7.89. The number of ether oxygens (including phenoxy) is 1. The number of halogens is 1. The van der Waals surface area contributed by atoms with E-state index in [1.165, 1.54) is 17.1 Å². The first-order valence-electron chi connectivity index (χ1n) is 7.21. The molecule has 130 valence electrons. The molecule has 0 fully saturated rings. The van der Waals surface area contributed by atoms with Gasteiger partial charge < -0.3 is 4.74 Å². The Morgan fingerprint density at radius 1 is 1.33 bits per heavy atom. The second kappa shape index (κ2) is 7.78. The third-order valence-electron chi connectivity index (χ3n) is 3.20. The zero-order valence-electron chi connectivity index (χ0n) is 13.3.